The first kappa shape index (κ1) is 11.9. The molecule has 2 unspecified atom stereocenters. The fourth-order valence-corrected chi connectivity index (χ4v) is 4.23. The highest BCUT2D eigenvalue weighted by molar-refractivity contribution is 7.91. The number of sulfone groups is 1. The Labute approximate surface area is 96.1 Å². The molecule has 16 heavy (non-hydrogen) atoms. The number of carbonyl (C=O) groups is 1. The third-order valence-electron chi connectivity index (χ3n) is 3.28. The van der Waals surface area contributed by atoms with Crippen molar-refractivity contribution in [2.45, 2.75) is 32.5 Å². The van der Waals surface area contributed by atoms with Crippen molar-refractivity contribution in [1.82, 2.24) is 10.2 Å². The molecule has 2 aliphatic rings. The molecule has 2 heterocycles. The lowest BCUT2D eigenvalue weighted by molar-refractivity contribution is -0.130. The summed E-state index contributed by atoms with van der Waals surface area (Å²) in [5, 5.41) is 3.14. The molecule has 2 atom stereocenters. The Morgan fingerprint density at radius 2 is 2.12 bits per heavy atom. The monoisotopic (exact) mass is 246 g/mol. The van der Waals surface area contributed by atoms with Gasteiger partial charge in [-0.15, -0.1) is 0 Å². The molecule has 2 saturated heterocycles. The maximum atomic E-state index is 11.8. The van der Waals surface area contributed by atoms with Crippen LogP contribution in [0.5, 0.6) is 0 Å². The second kappa shape index (κ2) is 4.00. The Morgan fingerprint density at radius 3 is 2.62 bits per heavy atom. The summed E-state index contributed by atoms with van der Waals surface area (Å²) in [6.07, 6.45) is 0.574. The molecule has 1 amide bonds. The van der Waals surface area contributed by atoms with Crippen LogP contribution in [0.4, 0.5) is 0 Å². The average Bonchev–Trinajstić information content (AvgIpc) is 2.69. The van der Waals surface area contributed by atoms with Crippen LogP contribution >= 0.6 is 0 Å². The largest absolute Gasteiger partial charge is 0.322 e. The molecule has 2 aliphatic heterocycles. The molecule has 6 heteroatoms. The van der Waals surface area contributed by atoms with E-state index in [2.05, 4.69) is 5.32 Å². The molecule has 0 bridgehead atoms. The molecule has 0 radical (unpaired) electrons. The van der Waals surface area contributed by atoms with Crippen LogP contribution in [0.2, 0.25) is 0 Å². The van der Waals surface area contributed by atoms with Crippen molar-refractivity contribution in [2.24, 2.45) is 5.92 Å². The molecule has 0 aliphatic carbocycles. The number of carbonyl (C=O) groups excluding carboxylic acids is 1. The molecule has 0 saturated carbocycles. The van der Waals surface area contributed by atoms with Gasteiger partial charge >= 0.3 is 0 Å². The molecule has 92 valence electrons. The highest BCUT2D eigenvalue weighted by Crippen LogP contribution is 2.24. The lowest BCUT2D eigenvalue weighted by Crippen LogP contribution is -2.47. The first-order chi connectivity index (χ1) is 7.41. The molecule has 0 spiro atoms. The predicted octanol–water partition coefficient (Wildman–Crippen LogP) is -0.413. The summed E-state index contributed by atoms with van der Waals surface area (Å²) in [7, 11) is -2.93. The minimum Gasteiger partial charge on any atom is -0.322 e. The number of rotatable bonds is 2. The van der Waals surface area contributed by atoms with E-state index in [-0.39, 0.29) is 29.6 Å². The van der Waals surface area contributed by atoms with E-state index < -0.39 is 9.84 Å². The van der Waals surface area contributed by atoms with Crippen LogP contribution in [-0.4, -0.2) is 49.5 Å². The fraction of sp³-hybridized carbons (Fsp3) is 0.900. The van der Waals surface area contributed by atoms with E-state index in [4.69, 9.17) is 0 Å². The zero-order chi connectivity index (χ0) is 11.9. The van der Waals surface area contributed by atoms with E-state index in [1.807, 2.05) is 13.8 Å². The van der Waals surface area contributed by atoms with Gasteiger partial charge in [0.05, 0.1) is 24.2 Å². The molecule has 1 N–H and O–H groups in total. The molecule has 0 aromatic rings. The Morgan fingerprint density at radius 1 is 1.44 bits per heavy atom. The van der Waals surface area contributed by atoms with Crippen molar-refractivity contribution in [3.05, 3.63) is 0 Å². The Kier molecular flexibility index (Phi) is 2.96. The highest BCUT2D eigenvalue weighted by atomic mass is 32.2. The number of hydrogen-bond donors (Lipinski definition) is 1. The summed E-state index contributed by atoms with van der Waals surface area (Å²) in [5.74, 6) is 0.672. The van der Waals surface area contributed by atoms with Crippen LogP contribution in [0.15, 0.2) is 0 Å². The van der Waals surface area contributed by atoms with Crippen molar-refractivity contribution >= 4 is 15.7 Å². The second-order valence-corrected chi connectivity index (χ2v) is 7.16. The van der Waals surface area contributed by atoms with Gasteiger partial charge in [0.15, 0.2) is 9.84 Å². The third kappa shape index (κ3) is 2.08. The van der Waals surface area contributed by atoms with E-state index in [0.717, 1.165) is 0 Å². The first-order valence-corrected chi connectivity index (χ1v) is 7.48. The molecule has 5 nitrogen and oxygen atoms in total. The highest BCUT2D eigenvalue weighted by Gasteiger charge is 2.42. The molecule has 2 rings (SSSR count). The number of nitrogens with one attached hydrogen (secondary N) is 1. The standard InChI is InChI=1S/C10H18N2O3S/c1-7(2)10-11-5-9(13)12(10)8-3-4-16(14,15)6-8/h7-8,10-11H,3-6H2,1-2H3. The lowest BCUT2D eigenvalue weighted by atomic mass is 10.1. The summed E-state index contributed by atoms with van der Waals surface area (Å²) < 4.78 is 22.8. The van der Waals surface area contributed by atoms with Gasteiger partial charge in [0, 0.05) is 6.04 Å². The minimum atomic E-state index is -2.93. The summed E-state index contributed by atoms with van der Waals surface area (Å²) in [5.41, 5.74) is 0. The van der Waals surface area contributed by atoms with Crippen LogP contribution in [0.1, 0.15) is 20.3 Å². The Bertz CT molecular complexity index is 391. The third-order valence-corrected chi connectivity index (χ3v) is 5.03. The molecular weight excluding hydrogens is 228 g/mol. The summed E-state index contributed by atoms with van der Waals surface area (Å²) in [6.45, 7) is 4.40. The summed E-state index contributed by atoms with van der Waals surface area (Å²) in [4.78, 5) is 13.5. The minimum absolute atomic E-state index is 0.00852. The van der Waals surface area contributed by atoms with E-state index in [0.29, 0.717) is 18.9 Å². The van der Waals surface area contributed by atoms with E-state index in [1.165, 1.54) is 0 Å². The average molecular weight is 246 g/mol. The number of nitrogens with zero attached hydrogens (tertiary/aromatic N) is 1. The summed E-state index contributed by atoms with van der Waals surface area (Å²) >= 11 is 0. The SMILES string of the molecule is CC(C)C1NCC(=O)N1C1CCS(=O)(=O)C1. The zero-order valence-corrected chi connectivity index (χ0v) is 10.5. The lowest BCUT2D eigenvalue weighted by Gasteiger charge is -2.31. The Hall–Kier alpha value is -0.620. The fourth-order valence-electron chi connectivity index (χ4n) is 2.52. The molecule has 0 aromatic heterocycles. The van der Waals surface area contributed by atoms with Crippen LogP contribution in [0.3, 0.4) is 0 Å². The van der Waals surface area contributed by atoms with Crippen LogP contribution in [0, 0.1) is 5.92 Å². The first-order valence-electron chi connectivity index (χ1n) is 5.66. The number of amides is 1. The van der Waals surface area contributed by atoms with Gasteiger partial charge in [0.25, 0.3) is 0 Å². The van der Waals surface area contributed by atoms with Gasteiger partial charge in [-0.3, -0.25) is 10.1 Å². The van der Waals surface area contributed by atoms with Crippen molar-refractivity contribution in [1.29, 1.82) is 0 Å². The van der Waals surface area contributed by atoms with Gasteiger partial charge in [0.1, 0.15) is 0 Å². The summed E-state index contributed by atoms with van der Waals surface area (Å²) in [6, 6.07) is -0.125. The maximum Gasteiger partial charge on any atom is 0.238 e. The van der Waals surface area contributed by atoms with E-state index in [1.54, 1.807) is 4.90 Å². The van der Waals surface area contributed by atoms with Crippen molar-refractivity contribution in [3.8, 4) is 0 Å². The van der Waals surface area contributed by atoms with Gasteiger partial charge in [0.2, 0.25) is 5.91 Å². The van der Waals surface area contributed by atoms with Gasteiger partial charge in [-0.25, -0.2) is 8.42 Å². The molecular formula is C10H18N2O3S. The Balaban J connectivity index is 2.16. The normalized spacial score (nSPS) is 33.9. The smallest absolute Gasteiger partial charge is 0.238 e. The second-order valence-electron chi connectivity index (χ2n) is 4.93. The predicted molar refractivity (Wildman–Crippen MR) is 60.5 cm³/mol. The molecule has 2 fully saturated rings. The zero-order valence-electron chi connectivity index (χ0n) is 9.64. The van der Waals surface area contributed by atoms with Gasteiger partial charge in [-0.1, -0.05) is 13.8 Å². The van der Waals surface area contributed by atoms with Gasteiger partial charge in [-0.2, -0.15) is 0 Å². The maximum absolute atomic E-state index is 11.8. The van der Waals surface area contributed by atoms with E-state index in [9.17, 15) is 13.2 Å². The van der Waals surface area contributed by atoms with Crippen molar-refractivity contribution < 1.29 is 13.2 Å². The van der Waals surface area contributed by atoms with Crippen LogP contribution in [-0.2, 0) is 14.6 Å². The van der Waals surface area contributed by atoms with Crippen molar-refractivity contribution in [2.75, 3.05) is 18.1 Å². The quantitative estimate of drug-likeness (QED) is 0.719. The molecule has 0 aromatic carbocycles. The van der Waals surface area contributed by atoms with Gasteiger partial charge < -0.3 is 4.90 Å². The van der Waals surface area contributed by atoms with Crippen LogP contribution in [0.25, 0.3) is 0 Å². The van der Waals surface area contributed by atoms with Crippen LogP contribution < -0.4 is 5.32 Å². The number of hydrogen-bond acceptors (Lipinski definition) is 4. The van der Waals surface area contributed by atoms with E-state index >= 15 is 0 Å². The van der Waals surface area contributed by atoms with Gasteiger partial charge in [-0.05, 0) is 12.3 Å². The topological polar surface area (TPSA) is 66.5 Å². The van der Waals surface area contributed by atoms with Crippen molar-refractivity contribution in [3.63, 3.8) is 0 Å².